The van der Waals surface area contributed by atoms with Gasteiger partial charge in [-0.1, -0.05) is 57.5 Å². The molecule has 0 spiro atoms. The SMILES string of the molecule is CCOC(=O)[C@@H]1[C@@H](c2ccccc2)[C@H](C(=O)OC)[C@@](C)(C(=O)O[C@@H]2C[C@H](C)CC[C@H]2C(C)C)N1O. The lowest BCUT2D eigenvalue weighted by molar-refractivity contribution is -0.216. The van der Waals surface area contributed by atoms with Gasteiger partial charge in [-0.15, -0.1) is 0 Å². The molecule has 0 radical (unpaired) electrons. The van der Waals surface area contributed by atoms with Gasteiger partial charge in [0.1, 0.15) is 12.1 Å². The molecule has 194 valence electrons. The lowest BCUT2D eigenvalue weighted by atomic mass is 9.74. The van der Waals surface area contributed by atoms with Gasteiger partial charge in [0.2, 0.25) is 0 Å². The summed E-state index contributed by atoms with van der Waals surface area (Å²) in [6.45, 7) is 9.54. The molecule has 0 aromatic heterocycles. The first-order chi connectivity index (χ1) is 16.6. The highest BCUT2D eigenvalue weighted by molar-refractivity contribution is 5.93. The first-order valence-electron chi connectivity index (χ1n) is 12.6. The molecule has 0 unspecified atom stereocenters. The zero-order valence-corrected chi connectivity index (χ0v) is 21.6. The van der Waals surface area contributed by atoms with Crippen LogP contribution in [0.25, 0.3) is 0 Å². The first kappa shape index (κ1) is 27.1. The predicted molar refractivity (Wildman–Crippen MR) is 128 cm³/mol. The lowest BCUT2D eigenvalue weighted by Crippen LogP contribution is -2.57. The topological polar surface area (TPSA) is 102 Å². The highest BCUT2D eigenvalue weighted by Gasteiger charge is 2.67. The van der Waals surface area contributed by atoms with Gasteiger partial charge < -0.3 is 19.4 Å². The molecule has 1 aromatic rings. The molecule has 1 saturated carbocycles. The molecule has 2 aliphatic rings. The van der Waals surface area contributed by atoms with E-state index in [1.807, 2.05) is 6.07 Å². The van der Waals surface area contributed by atoms with E-state index >= 15 is 0 Å². The zero-order valence-electron chi connectivity index (χ0n) is 21.6. The number of esters is 3. The van der Waals surface area contributed by atoms with E-state index in [1.54, 1.807) is 31.2 Å². The van der Waals surface area contributed by atoms with Gasteiger partial charge in [-0.2, -0.15) is 5.06 Å². The van der Waals surface area contributed by atoms with E-state index in [0.29, 0.717) is 28.9 Å². The molecule has 0 bridgehead atoms. The lowest BCUT2D eigenvalue weighted by Gasteiger charge is -2.40. The molecule has 3 rings (SSSR count). The Morgan fingerprint density at radius 1 is 1.14 bits per heavy atom. The fourth-order valence-electron chi connectivity index (χ4n) is 5.87. The molecule has 0 amide bonds. The second kappa shape index (κ2) is 11.1. The van der Waals surface area contributed by atoms with Gasteiger partial charge in [0.15, 0.2) is 5.54 Å². The number of hydrogen-bond donors (Lipinski definition) is 1. The van der Waals surface area contributed by atoms with Crippen molar-refractivity contribution in [3.8, 4) is 0 Å². The molecule has 1 aliphatic carbocycles. The maximum absolute atomic E-state index is 13.9. The van der Waals surface area contributed by atoms with Crippen molar-refractivity contribution >= 4 is 17.9 Å². The Kier molecular flexibility index (Phi) is 8.59. The van der Waals surface area contributed by atoms with Crippen LogP contribution in [-0.2, 0) is 28.6 Å². The van der Waals surface area contributed by atoms with Crippen molar-refractivity contribution in [3.05, 3.63) is 35.9 Å². The van der Waals surface area contributed by atoms with Gasteiger partial charge in [-0.05, 0) is 50.0 Å². The van der Waals surface area contributed by atoms with Crippen LogP contribution >= 0.6 is 0 Å². The normalized spacial score (nSPS) is 33.4. The molecule has 2 fully saturated rings. The number of nitrogens with zero attached hydrogens (tertiary/aromatic N) is 1. The number of benzene rings is 1. The van der Waals surface area contributed by atoms with Crippen LogP contribution in [0.2, 0.25) is 0 Å². The van der Waals surface area contributed by atoms with Crippen LogP contribution in [0.4, 0.5) is 0 Å². The molecular weight excluding hydrogens is 450 g/mol. The second-order valence-electron chi connectivity index (χ2n) is 10.4. The van der Waals surface area contributed by atoms with E-state index in [1.165, 1.54) is 14.0 Å². The third-order valence-corrected chi connectivity index (χ3v) is 7.84. The standard InChI is InChI=1S/C27H39NO7/c1-7-34-25(30)23-21(18-11-9-8-10-12-18)22(24(29)33-6)27(5,28(23)32)26(31)35-20-15-17(4)13-14-19(20)16(2)3/h8-12,16-17,19-23,32H,7,13-15H2,1-6H3/t17-,19+,20-,21+,22-,23+,27+/m1/s1. The number of hydrogen-bond acceptors (Lipinski definition) is 8. The molecule has 1 N–H and O–H groups in total. The van der Waals surface area contributed by atoms with Crippen molar-refractivity contribution in [3.63, 3.8) is 0 Å². The molecule has 7 atom stereocenters. The van der Waals surface area contributed by atoms with E-state index in [9.17, 15) is 19.6 Å². The smallest absolute Gasteiger partial charge is 0.329 e. The summed E-state index contributed by atoms with van der Waals surface area (Å²) >= 11 is 0. The van der Waals surface area contributed by atoms with Crippen LogP contribution in [0.15, 0.2) is 30.3 Å². The van der Waals surface area contributed by atoms with Crippen molar-refractivity contribution in [1.29, 1.82) is 0 Å². The molecule has 35 heavy (non-hydrogen) atoms. The highest BCUT2D eigenvalue weighted by atomic mass is 16.6. The number of ether oxygens (including phenoxy) is 3. The summed E-state index contributed by atoms with van der Waals surface area (Å²) in [4.78, 5) is 40.1. The van der Waals surface area contributed by atoms with E-state index in [-0.39, 0.29) is 18.6 Å². The van der Waals surface area contributed by atoms with Crippen LogP contribution in [0, 0.1) is 23.7 Å². The fourth-order valence-corrected chi connectivity index (χ4v) is 5.87. The highest BCUT2D eigenvalue weighted by Crippen LogP contribution is 2.50. The minimum Gasteiger partial charge on any atom is -0.469 e. The van der Waals surface area contributed by atoms with E-state index in [0.717, 1.165) is 12.8 Å². The summed E-state index contributed by atoms with van der Waals surface area (Å²) in [6.07, 6.45) is 2.37. The Labute approximate surface area is 207 Å². The van der Waals surface area contributed by atoms with Crippen LogP contribution in [-0.4, -0.2) is 59.6 Å². The molecule has 8 heteroatoms. The second-order valence-corrected chi connectivity index (χ2v) is 10.4. The Bertz CT molecular complexity index is 904. The predicted octanol–water partition coefficient (Wildman–Crippen LogP) is 3.96. The monoisotopic (exact) mass is 489 g/mol. The van der Waals surface area contributed by atoms with Crippen LogP contribution in [0.5, 0.6) is 0 Å². The maximum Gasteiger partial charge on any atom is 0.329 e. The summed E-state index contributed by atoms with van der Waals surface area (Å²) < 4.78 is 16.4. The molecule has 8 nitrogen and oxygen atoms in total. The average Bonchev–Trinajstić information content (AvgIpc) is 3.07. The van der Waals surface area contributed by atoms with Crippen molar-refractivity contribution in [2.24, 2.45) is 23.7 Å². The van der Waals surface area contributed by atoms with Crippen LogP contribution in [0.3, 0.4) is 0 Å². The maximum atomic E-state index is 13.9. The summed E-state index contributed by atoms with van der Waals surface area (Å²) in [6, 6.07) is 7.59. The van der Waals surface area contributed by atoms with Crippen molar-refractivity contribution in [2.45, 2.75) is 77.5 Å². The Balaban J connectivity index is 2.06. The van der Waals surface area contributed by atoms with Crippen LogP contribution in [0.1, 0.15) is 65.4 Å². The van der Waals surface area contributed by atoms with Crippen molar-refractivity contribution < 1.29 is 33.8 Å². The Morgan fingerprint density at radius 2 is 1.80 bits per heavy atom. The Hall–Kier alpha value is -2.45. The molecule has 1 heterocycles. The molecule has 1 aliphatic heterocycles. The summed E-state index contributed by atoms with van der Waals surface area (Å²) in [5.41, 5.74) is -1.24. The third kappa shape index (κ3) is 5.09. The van der Waals surface area contributed by atoms with Gasteiger partial charge in [0, 0.05) is 5.92 Å². The van der Waals surface area contributed by atoms with Gasteiger partial charge in [-0.25, -0.2) is 4.79 Å². The summed E-state index contributed by atoms with van der Waals surface area (Å²) in [5, 5.41) is 12.1. The van der Waals surface area contributed by atoms with Gasteiger partial charge >= 0.3 is 17.9 Å². The average molecular weight is 490 g/mol. The Morgan fingerprint density at radius 3 is 2.37 bits per heavy atom. The summed E-state index contributed by atoms with van der Waals surface area (Å²) in [7, 11) is 1.23. The largest absolute Gasteiger partial charge is 0.469 e. The molecule has 1 aromatic carbocycles. The minimum absolute atomic E-state index is 0.0881. The van der Waals surface area contributed by atoms with Crippen molar-refractivity contribution in [2.75, 3.05) is 13.7 Å². The number of rotatable bonds is 7. The van der Waals surface area contributed by atoms with E-state index < -0.39 is 41.3 Å². The fraction of sp³-hybridized carbons (Fsp3) is 0.667. The van der Waals surface area contributed by atoms with Gasteiger partial charge in [0.25, 0.3) is 0 Å². The van der Waals surface area contributed by atoms with Crippen LogP contribution < -0.4 is 0 Å². The van der Waals surface area contributed by atoms with E-state index in [4.69, 9.17) is 14.2 Å². The number of carbonyl (C=O) groups excluding carboxylic acids is 3. The molecular formula is C27H39NO7. The number of methoxy groups -OCH3 is 1. The summed E-state index contributed by atoms with van der Waals surface area (Å²) in [5.74, 6) is -3.37. The van der Waals surface area contributed by atoms with Crippen molar-refractivity contribution in [1.82, 2.24) is 5.06 Å². The number of carbonyl (C=O) groups is 3. The molecule has 1 saturated heterocycles. The van der Waals surface area contributed by atoms with Gasteiger partial charge in [-0.3, -0.25) is 9.59 Å². The zero-order chi connectivity index (χ0) is 25.9. The third-order valence-electron chi connectivity index (χ3n) is 7.84. The van der Waals surface area contributed by atoms with Gasteiger partial charge in [0.05, 0.1) is 19.6 Å². The quantitative estimate of drug-likeness (QED) is 0.454. The van der Waals surface area contributed by atoms with E-state index in [2.05, 4.69) is 20.8 Å². The minimum atomic E-state index is -1.85. The first-order valence-corrected chi connectivity index (χ1v) is 12.6. The number of hydroxylamine groups is 2.